The third kappa shape index (κ3) is 6.32. The first-order valence-electron chi connectivity index (χ1n) is 13.3. The van der Waals surface area contributed by atoms with Gasteiger partial charge in [-0.1, -0.05) is 44.2 Å². The van der Waals surface area contributed by atoms with Crippen molar-refractivity contribution in [1.29, 1.82) is 5.26 Å². The molecular formula is C29H35N5O4S. The molecule has 206 valence electrons. The van der Waals surface area contributed by atoms with Gasteiger partial charge in [-0.15, -0.1) is 0 Å². The van der Waals surface area contributed by atoms with Crippen LogP contribution in [0.5, 0.6) is 0 Å². The van der Waals surface area contributed by atoms with Crippen LogP contribution in [0.2, 0.25) is 0 Å². The van der Waals surface area contributed by atoms with Gasteiger partial charge in [-0.3, -0.25) is 9.59 Å². The first kappa shape index (κ1) is 28.3. The van der Waals surface area contributed by atoms with Crippen LogP contribution < -0.4 is 10.6 Å². The van der Waals surface area contributed by atoms with Crippen LogP contribution in [0.25, 0.3) is 10.9 Å². The molecule has 0 radical (unpaired) electrons. The third-order valence-electron chi connectivity index (χ3n) is 7.17. The molecule has 1 aliphatic rings. The number of hydrogen-bond acceptors (Lipinski definition) is 5. The number of aryl methyl sites for hydroxylation is 1. The minimum atomic E-state index is -3.84. The van der Waals surface area contributed by atoms with Crippen LogP contribution >= 0.6 is 0 Å². The maximum Gasteiger partial charge on any atom is 0.268 e. The normalized spacial score (nSPS) is 17.4. The van der Waals surface area contributed by atoms with Crippen LogP contribution in [0.1, 0.15) is 55.6 Å². The number of carbonyl (C=O) groups is 2. The molecule has 2 heterocycles. The lowest BCUT2D eigenvalue weighted by molar-refractivity contribution is -0.124. The zero-order valence-corrected chi connectivity index (χ0v) is 23.4. The molecule has 2 atom stereocenters. The molecule has 1 saturated heterocycles. The Kier molecular flexibility index (Phi) is 8.73. The van der Waals surface area contributed by atoms with Crippen molar-refractivity contribution in [2.75, 3.05) is 13.1 Å². The summed E-state index contributed by atoms with van der Waals surface area (Å²) in [5.41, 5.74) is 1.53. The van der Waals surface area contributed by atoms with Gasteiger partial charge in [0.25, 0.3) is 5.91 Å². The Balaban J connectivity index is 1.43. The minimum absolute atomic E-state index is 0.00281. The van der Waals surface area contributed by atoms with Crippen molar-refractivity contribution < 1.29 is 18.0 Å². The van der Waals surface area contributed by atoms with Gasteiger partial charge < -0.3 is 15.2 Å². The lowest BCUT2D eigenvalue weighted by atomic mass is 10.0. The summed E-state index contributed by atoms with van der Waals surface area (Å²) in [7, 11) is -2.01. The molecule has 4 rings (SSSR count). The number of para-hydroxylation sites is 1. The number of nitriles is 1. The summed E-state index contributed by atoms with van der Waals surface area (Å²) in [4.78, 5) is 26.6. The van der Waals surface area contributed by atoms with E-state index >= 15 is 0 Å². The fourth-order valence-electron chi connectivity index (χ4n) is 5.12. The van der Waals surface area contributed by atoms with Crippen molar-refractivity contribution in [2.45, 2.75) is 56.5 Å². The fraction of sp³-hybridized carbons (Fsp3) is 0.414. The molecule has 2 amide bonds. The second kappa shape index (κ2) is 12.0. The number of aromatic nitrogens is 1. The van der Waals surface area contributed by atoms with Crippen LogP contribution in [0, 0.1) is 17.2 Å². The molecule has 2 aromatic carbocycles. The Labute approximate surface area is 229 Å². The lowest BCUT2D eigenvalue weighted by Crippen LogP contribution is -2.50. The minimum Gasteiger partial charge on any atom is -0.352 e. The van der Waals surface area contributed by atoms with E-state index in [1.54, 1.807) is 12.1 Å². The van der Waals surface area contributed by atoms with Gasteiger partial charge >= 0.3 is 0 Å². The molecule has 0 aliphatic carbocycles. The monoisotopic (exact) mass is 549 g/mol. The van der Waals surface area contributed by atoms with Crippen LogP contribution in [-0.2, 0) is 21.9 Å². The third-order valence-corrected chi connectivity index (χ3v) is 9.13. The maximum absolute atomic E-state index is 13.4. The first-order valence-corrected chi connectivity index (χ1v) is 14.7. The zero-order chi connectivity index (χ0) is 28.2. The molecule has 3 aromatic rings. The second-order valence-corrected chi connectivity index (χ2v) is 12.4. The standard InChI is InChI=1S/C29H35N5O4S/c1-20(2)17-24(32-29(36)26-18-21-9-4-6-12-25(21)33(26)3)28(35)31-23-11-8-15-34(16-14-23)39(37,38)27-13-7-5-10-22(27)19-30/h4-7,9-10,12-13,18,20,23-24H,8,11,14-17H2,1-3H3,(H,31,35)(H,32,36)/t23?,24-/m0/s1. The van der Waals surface area contributed by atoms with Crippen LogP contribution in [0.4, 0.5) is 0 Å². The van der Waals surface area contributed by atoms with E-state index in [2.05, 4.69) is 10.6 Å². The summed E-state index contributed by atoms with van der Waals surface area (Å²) in [5.74, 6) is -0.417. The van der Waals surface area contributed by atoms with Gasteiger partial charge in [0.05, 0.1) is 10.5 Å². The maximum atomic E-state index is 13.4. The Morgan fingerprint density at radius 3 is 2.51 bits per heavy atom. The number of amides is 2. The number of carbonyl (C=O) groups excluding carboxylic acids is 2. The Morgan fingerprint density at radius 2 is 1.79 bits per heavy atom. The molecule has 9 nitrogen and oxygen atoms in total. The Bertz CT molecular complexity index is 1510. The fourth-order valence-corrected chi connectivity index (χ4v) is 6.76. The Hall–Kier alpha value is -3.68. The van der Waals surface area contributed by atoms with E-state index in [0.717, 1.165) is 10.9 Å². The number of fused-ring (bicyclic) bond motifs is 1. The molecule has 39 heavy (non-hydrogen) atoms. The van der Waals surface area contributed by atoms with Gasteiger partial charge in [0.1, 0.15) is 17.8 Å². The molecule has 0 saturated carbocycles. The molecule has 0 bridgehead atoms. The average molecular weight is 550 g/mol. The van der Waals surface area contributed by atoms with Gasteiger partial charge in [0.2, 0.25) is 15.9 Å². The van der Waals surface area contributed by atoms with Gasteiger partial charge in [-0.05, 0) is 55.9 Å². The predicted molar refractivity (Wildman–Crippen MR) is 149 cm³/mol. The number of hydrogen-bond donors (Lipinski definition) is 2. The highest BCUT2D eigenvalue weighted by Gasteiger charge is 2.31. The van der Waals surface area contributed by atoms with E-state index in [1.165, 1.54) is 16.4 Å². The summed E-state index contributed by atoms with van der Waals surface area (Å²) in [6.07, 6.45) is 2.09. The van der Waals surface area contributed by atoms with Crippen molar-refractivity contribution in [2.24, 2.45) is 13.0 Å². The topological polar surface area (TPSA) is 124 Å². The first-order chi connectivity index (χ1) is 18.6. The molecule has 2 N–H and O–H groups in total. The zero-order valence-electron chi connectivity index (χ0n) is 22.6. The quantitative estimate of drug-likeness (QED) is 0.445. The molecule has 1 aromatic heterocycles. The highest BCUT2D eigenvalue weighted by molar-refractivity contribution is 7.89. The highest BCUT2D eigenvalue weighted by atomic mass is 32.2. The van der Waals surface area contributed by atoms with Crippen molar-refractivity contribution in [3.63, 3.8) is 0 Å². The van der Waals surface area contributed by atoms with Crippen molar-refractivity contribution >= 4 is 32.7 Å². The van der Waals surface area contributed by atoms with Crippen LogP contribution in [0.15, 0.2) is 59.5 Å². The summed E-state index contributed by atoms with van der Waals surface area (Å²) in [5, 5.41) is 16.3. The smallest absolute Gasteiger partial charge is 0.268 e. The highest BCUT2D eigenvalue weighted by Crippen LogP contribution is 2.23. The van der Waals surface area contributed by atoms with Crippen molar-refractivity contribution in [3.8, 4) is 6.07 Å². The van der Waals surface area contributed by atoms with E-state index in [1.807, 2.05) is 61.9 Å². The molecule has 0 spiro atoms. The lowest BCUT2D eigenvalue weighted by Gasteiger charge is -2.24. The summed E-state index contributed by atoms with van der Waals surface area (Å²) < 4.78 is 29.7. The van der Waals surface area contributed by atoms with Crippen molar-refractivity contribution in [3.05, 3.63) is 65.9 Å². The number of nitrogens with zero attached hydrogens (tertiary/aromatic N) is 3. The van der Waals surface area contributed by atoms with E-state index in [0.29, 0.717) is 37.9 Å². The number of sulfonamides is 1. The van der Waals surface area contributed by atoms with Gasteiger partial charge in [0, 0.05) is 37.1 Å². The molecule has 1 fully saturated rings. The Morgan fingerprint density at radius 1 is 1.08 bits per heavy atom. The summed E-state index contributed by atoms with van der Waals surface area (Å²) in [6, 6.07) is 16.7. The van der Waals surface area contributed by atoms with Crippen LogP contribution in [0.3, 0.4) is 0 Å². The van der Waals surface area contributed by atoms with Gasteiger partial charge in [0.15, 0.2) is 0 Å². The molecule has 10 heteroatoms. The van der Waals surface area contributed by atoms with E-state index < -0.39 is 16.1 Å². The predicted octanol–water partition coefficient (Wildman–Crippen LogP) is 3.55. The number of nitrogens with one attached hydrogen (secondary N) is 2. The number of benzene rings is 2. The summed E-state index contributed by atoms with van der Waals surface area (Å²) >= 11 is 0. The van der Waals surface area contributed by atoms with Crippen LogP contribution in [-0.4, -0.2) is 54.3 Å². The van der Waals surface area contributed by atoms with E-state index in [-0.39, 0.29) is 40.8 Å². The largest absolute Gasteiger partial charge is 0.352 e. The van der Waals surface area contributed by atoms with E-state index in [9.17, 15) is 23.3 Å². The molecular weight excluding hydrogens is 514 g/mol. The van der Waals surface area contributed by atoms with Crippen molar-refractivity contribution in [1.82, 2.24) is 19.5 Å². The van der Waals surface area contributed by atoms with E-state index in [4.69, 9.17) is 0 Å². The molecule has 1 aliphatic heterocycles. The average Bonchev–Trinajstić information content (AvgIpc) is 3.07. The second-order valence-electron chi connectivity index (χ2n) is 10.5. The number of rotatable bonds is 8. The summed E-state index contributed by atoms with van der Waals surface area (Å²) in [6.45, 7) is 4.53. The SMILES string of the molecule is CC(C)C[C@H](NC(=O)c1cc2ccccc2n1C)C(=O)NC1CCCN(S(=O)(=O)c2ccccc2C#N)CC1. The molecule has 1 unspecified atom stereocenters. The van der Waals surface area contributed by atoms with Gasteiger partial charge in [-0.25, -0.2) is 8.42 Å². The van der Waals surface area contributed by atoms with Gasteiger partial charge in [-0.2, -0.15) is 9.57 Å².